The molecule has 12 heteroatoms. The predicted molar refractivity (Wildman–Crippen MR) is 132 cm³/mol. The SMILES string of the molecule is CCCc1nn(C)c2c(=O)[nH]c(-c3cc(S(=O)(=O)N4CC(NCCOC)C4)ccc3OCC)nc12. The number of H-pyrrole nitrogens is 1. The van der Waals surface area contributed by atoms with Gasteiger partial charge in [0.15, 0.2) is 5.52 Å². The van der Waals surface area contributed by atoms with E-state index in [0.717, 1.165) is 12.1 Å². The largest absolute Gasteiger partial charge is 0.493 e. The highest BCUT2D eigenvalue weighted by molar-refractivity contribution is 7.89. The molecule has 0 radical (unpaired) electrons. The first-order valence-corrected chi connectivity index (χ1v) is 13.2. The molecule has 0 bridgehead atoms. The third-order valence-electron chi connectivity index (χ3n) is 5.98. The maximum Gasteiger partial charge on any atom is 0.277 e. The third-order valence-corrected chi connectivity index (χ3v) is 7.81. The van der Waals surface area contributed by atoms with Gasteiger partial charge in [0.2, 0.25) is 10.0 Å². The summed E-state index contributed by atoms with van der Waals surface area (Å²) in [5.74, 6) is 0.689. The van der Waals surface area contributed by atoms with E-state index in [1.165, 1.54) is 21.1 Å². The lowest BCUT2D eigenvalue weighted by atomic mass is 10.1. The lowest BCUT2D eigenvalue weighted by molar-refractivity contribution is 0.173. The van der Waals surface area contributed by atoms with Crippen molar-refractivity contribution in [2.24, 2.45) is 7.05 Å². The van der Waals surface area contributed by atoms with Crippen LogP contribution in [0, 0.1) is 0 Å². The third kappa shape index (κ3) is 4.96. The number of hydrogen-bond acceptors (Lipinski definition) is 8. The Morgan fingerprint density at radius 2 is 2.03 bits per heavy atom. The Morgan fingerprint density at radius 1 is 1.26 bits per heavy atom. The van der Waals surface area contributed by atoms with Gasteiger partial charge < -0.3 is 19.8 Å². The second-order valence-electron chi connectivity index (χ2n) is 8.49. The molecule has 2 aromatic heterocycles. The fourth-order valence-electron chi connectivity index (χ4n) is 4.19. The zero-order valence-electron chi connectivity index (χ0n) is 20.5. The minimum absolute atomic E-state index is 0.0880. The van der Waals surface area contributed by atoms with Crippen LogP contribution in [0.25, 0.3) is 22.4 Å². The molecule has 1 aliphatic rings. The Kier molecular flexibility index (Phi) is 7.55. The van der Waals surface area contributed by atoms with Crippen molar-refractivity contribution in [3.8, 4) is 17.1 Å². The molecular weight excluding hydrogens is 472 g/mol. The Labute approximate surface area is 204 Å². The molecule has 190 valence electrons. The summed E-state index contributed by atoms with van der Waals surface area (Å²) in [6.45, 7) is 6.24. The fourth-order valence-corrected chi connectivity index (χ4v) is 5.75. The molecule has 0 unspecified atom stereocenters. The Bertz CT molecular complexity index is 1360. The summed E-state index contributed by atoms with van der Waals surface area (Å²) < 4.78 is 40.3. The van der Waals surface area contributed by atoms with E-state index in [-0.39, 0.29) is 22.3 Å². The number of nitrogens with zero attached hydrogens (tertiary/aromatic N) is 4. The first-order valence-electron chi connectivity index (χ1n) is 11.8. The molecule has 0 aliphatic carbocycles. The van der Waals surface area contributed by atoms with E-state index >= 15 is 0 Å². The normalized spacial score (nSPS) is 15.0. The molecule has 0 saturated carbocycles. The summed E-state index contributed by atoms with van der Waals surface area (Å²) in [5, 5.41) is 7.72. The van der Waals surface area contributed by atoms with Crippen molar-refractivity contribution in [1.82, 2.24) is 29.4 Å². The summed E-state index contributed by atoms with van der Waals surface area (Å²) in [4.78, 5) is 20.5. The van der Waals surface area contributed by atoms with Crippen LogP contribution >= 0.6 is 0 Å². The van der Waals surface area contributed by atoms with Gasteiger partial charge >= 0.3 is 0 Å². The number of fused-ring (bicyclic) bond motifs is 1. The molecule has 1 aliphatic heterocycles. The maximum atomic E-state index is 13.3. The minimum Gasteiger partial charge on any atom is -0.493 e. The van der Waals surface area contributed by atoms with Crippen molar-refractivity contribution in [2.45, 2.75) is 37.6 Å². The van der Waals surface area contributed by atoms with Gasteiger partial charge in [-0.2, -0.15) is 9.40 Å². The van der Waals surface area contributed by atoms with Crippen LogP contribution in [0.3, 0.4) is 0 Å². The number of aryl methyl sites for hydroxylation is 2. The first-order chi connectivity index (χ1) is 16.8. The number of sulfonamides is 1. The molecule has 2 N–H and O–H groups in total. The second-order valence-corrected chi connectivity index (χ2v) is 10.4. The Morgan fingerprint density at radius 3 is 2.71 bits per heavy atom. The van der Waals surface area contributed by atoms with Crippen molar-refractivity contribution in [1.29, 1.82) is 0 Å². The average Bonchev–Trinajstić information content (AvgIpc) is 3.11. The number of ether oxygens (including phenoxy) is 2. The molecule has 35 heavy (non-hydrogen) atoms. The summed E-state index contributed by atoms with van der Waals surface area (Å²) in [7, 11) is -0.387. The molecular formula is C23H32N6O5S. The lowest BCUT2D eigenvalue weighted by Crippen LogP contribution is -2.60. The zero-order chi connectivity index (χ0) is 25.2. The number of hydrogen-bond donors (Lipinski definition) is 2. The van der Waals surface area contributed by atoms with E-state index < -0.39 is 10.0 Å². The Balaban J connectivity index is 1.71. The zero-order valence-corrected chi connectivity index (χ0v) is 21.3. The molecule has 0 spiro atoms. The van der Waals surface area contributed by atoms with Gasteiger partial charge in [-0.05, 0) is 31.5 Å². The molecule has 1 aromatic carbocycles. The van der Waals surface area contributed by atoms with Crippen LogP contribution in [0.4, 0.5) is 0 Å². The van der Waals surface area contributed by atoms with Gasteiger partial charge in [-0.3, -0.25) is 9.48 Å². The molecule has 4 rings (SSSR count). The van der Waals surface area contributed by atoms with Gasteiger partial charge in [-0.25, -0.2) is 13.4 Å². The van der Waals surface area contributed by atoms with Crippen LogP contribution in [0.2, 0.25) is 0 Å². The van der Waals surface area contributed by atoms with Crippen LogP contribution in [0.15, 0.2) is 27.9 Å². The van der Waals surface area contributed by atoms with E-state index in [2.05, 4.69) is 15.4 Å². The number of nitrogens with one attached hydrogen (secondary N) is 2. The van der Waals surface area contributed by atoms with Crippen molar-refractivity contribution in [2.75, 3.05) is 40.0 Å². The number of aromatic nitrogens is 4. The fraction of sp³-hybridized carbons (Fsp3) is 0.522. The number of aromatic amines is 1. The van der Waals surface area contributed by atoms with E-state index in [0.29, 0.717) is 61.6 Å². The molecule has 0 atom stereocenters. The van der Waals surface area contributed by atoms with E-state index in [1.807, 2.05) is 13.8 Å². The van der Waals surface area contributed by atoms with Gasteiger partial charge in [0, 0.05) is 39.8 Å². The maximum absolute atomic E-state index is 13.3. The molecule has 3 heterocycles. The van der Waals surface area contributed by atoms with Crippen LogP contribution in [-0.4, -0.2) is 78.5 Å². The van der Waals surface area contributed by atoms with Gasteiger partial charge in [-0.1, -0.05) is 13.3 Å². The number of methoxy groups -OCH3 is 1. The lowest BCUT2D eigenvalue weighted by Gasteiger charge is -2.38. The van der Waals surface area contributed by atoms with Crippen LogP contribution < -0.4 is 15.6 Å². The summed E-state index contributed by atoms with van der Waals surface area (Å²) in [6.07, 6.45) is 1.53. The summed E-state index contributed by atoms with van der Waals surface area (Å²) in [5.41, 5.74) is 1.69. The highest BCUT2D eigenvalue weighted by Gasteiger charge is 2.36. The average molecular weight is 505 g/mol. The van der Waals surface area contributed by atoms with E-state index in [1.54, 1.807) is 20.2 Å². The van der Waals surface area contributed by atoms with Gasteiger partial charge in [0.1, 0.15) is 17.1 Å². The second kappa shape index (κ2) is 10.4. The highest BCUT2D eigenvalue weighted by Crippen LogP contribution is 2.33. The minimum atomic E-state index is -3.72. The van der Waals surface area contributed by atoms with E-state index in [9.17, 15) is 13.2 Å². The van der Waals surface area contributed by atoms with Gasteiger partial charge in [0.25, 0.3) is 5.56 Å². The molecule has 1 saturated heterocycles. The van der Waals surface area contributed by atoms with Crippen molar-refractivity contribution < 1.29 is 17.9 Å². The van der Waals surface area contributed by atoms with Gasteiger partial charge in [-0.15, -0.1) is 0 Å². The number of rotatable bonds is 11. The smallest absolute Gasteiger partial charge is 0.277 e. The quantitative estimate of drug-likeness (QED) is 0.374. The van der Waals surface area contributed by atoms with Crippen molar-refractivity contribution >= 4 is 21.1 Å². The standard InChI is InChI=1S/C23H32N6O5S/c1-5-7-18-20-21(28(3)27-18)23(30)26-22(25-20)17-12-16(8-9-19(17)34-6-2)35(31,32)29-13-15(14-29)24-10-11-33-4/h8-9,12,15,24H,5-7,10-11,13-14H2,1-4H3,(H,25,26,30). The number of benzene rings is 1. The van der Waals surface area contributed by atoms with Crippen molar-refractivity contribution in [3.05, 3.63) is 34.2 Å². The first kappa shape index (κ1) is 25.3. The monoisotopic (exact) mass is 504 g/mol. The highest BCUT2D eigenvalue weighted by atomic mass is 32.2. The van der Waals surface area contributed by atoms with E-state index in [4.69, 9.17) is 14.5 Å². The topological polar surface area (TPSA) is 131 Å². The Hall–Kier alpha value is -2.80. The summed E-state index contributed by atoms with van der Waals surface area (Å²) >= 11 is 0. The van der Waals surface area contributed by atoms with Crippen molar-refractivity contribution in [3.63, 3.8) is 0 Å². The van der Waals surface area contributed by atoms with Gasteiger partial charge in [0.05, 0.1) is 29.4 Å². The summed E-state index contributed by atoms with van der Waals surface area (Å²) in [6, 6.07) is 4.75. The molecule has 3 aromatic rings. The molecule has 0 amide bonds. The molecule has 1 fully saturated rings. The van der Waals surface area contributed by atoms with Crippen LogP contribution in [-0.2, 0) is 28.2 Å². The predicted octanol–water partition coefficient (Wildman–Crippen LogP) is 1.28. The van der Waals surface area contributed by atoms with Crippen LogP contribution in [0.1, 0.15) is 26.0 Å². The molecule has 11 nitrogen and oxygen atoms in total. The van der Waals surface area contributed by atoms with Crippen LogP contribution in [0.5, 0.6) is 5.75 Å².